The molecule has 5 nitrogen and oxygen atoms in total. The molecule has 4 rings (SSSR count). The van der Waals surface area contributed by atoms with Crippen LogP contribution in [0.2, 0.25) is 5.02 Å². The van der Waals surface area contributed by atoms with E-state index in [1.165, 1.54) is 4.90 Å². The van der Waals surface area contributed by atoms with E-state index >= 15 is 0 Å². The second-order valence-corrected chi connectivity index (χ2v) is 8.46. The molecule has 146 valence electrons. The van der Waals surface area contributed by atoms with Gasteiger partial charge in [0.15, 0.2) is 0 Å². The van der Waals surface area contributed by atoms with E-state index in [1.807, 2.05) is 48.2 Å². The highest BCUT2D eigenvalue weighted by Gasteiger charge is 2.25. The van der Waals surface area contributed by atoms with Gasteiger partial charge in [-0.05, 0) is 68.9 Å². The van der Waals surface area contributed by atoms with Crippen molar-refractivity contribution in [2.45, 2.75) is 30.1 Å². The lowest BCUT2D eigenvalue weighted by Crippen LogP contribution is -2.34. The minimum absolute atomic E-state index is 0.346. The van der Waals surface area contributed by atoms with Crippen LogP contribution in [0.3, 0.4) is 0 Å². The Morgan fingerprint density at radius 2 is 1.93 bits per heavy atom. The maximum absolute atomic E-state index is 6.21. The molecule has 1 fully saturated rings. The van der Waals surface area contributed by atoms with Crippen LogP contribution >= 0.6 is 23.4 Å². The summed E-state index contributed by atoms with van der Waals surface area (Å²) >= 11 is 8.05. The fourth-order valence-corrected chi connectivity index (χ4v) is 4.61. The van der Waals surface area contributed by atoms with E-state index in [-0.39, 0.29) is 0 Å². The highest BCUT2D eigenvalue weighted by atomic mass is 35.5. The lowest BCUT2D eigenvalue weighted by Gasteiger charge is -2.30. The first-order valence-corrected chi connectivity index (χ1v) is 11.0. The predicted octanol–water partition coefficient (Wildman–Crippen LogP) is 5.15. The fraction of sp³-hybridized carbons (Fsp3) is 0.381. The van der Waals surface area contributed by atoms with Crippen LogP contribution in [0.5, 0.6) is 0 Å². The molecule has 28 heavy (non-hydrogen) atoms. The van der Waals surface area contributed by atoms with E-state index in [2.05, 4.69) is 26.1 Å². The Morgan fingerprint density at radius 3 is 2.71 bits per heavy atom. The number of aromatic nitrogens is 3. The quantitative estimate of drug-likeness (QED) is 0.393. The number of hydrogen-bond donors (Lipinski definition) is 0. The third-order valence-corrected chi connectivity index (χ3v) is 6.59. The Labute approximate surface area is 174 Å². The summed E-state index contributed by atoms with van der Waals surface area (Å²) in [5, 5.41) is 4.95. The van der Waals surface area contributed by atoms with E-state index in [1.54, 1.807) is 6.20 Å². The van der Waals surface area contributed by atoms with Gasteiger partial charge in [-0.15, -0.1) is 11.8 Å². The van der Waals surface area contributed by atoms with Gasteiger partial charge in [-0.1, -0.05) is 35.0 Å². The number of pyridine rings is 1. The smallest absolute Gasteiger partial charge is 0.230 e. The number of thioether (sulfide) groups is 1. The van der Waals surface area contributed by atoms with Gasteiger partial charge in [0.05, 0.1) is 5.02 Å². The van der Waals surface area contributed by atoms with E-state index in [4.69, 9.17) is 16.1 Å². The molecule has 3 heterocycles. The average Bonchev–Trinajstić information content (AvgIpc) is 3.24. The minimum Gasteiger partial charge on any atom is -0.339 e. The third kappa shape index (κ3) is 4.93. The van der Waals surface area contributed by atoms with Gasteiger partial charge in [-0.3, -0.25) is 4.98 Å². The fourth-order valence-electron chi connectivity index (χ4n) is 3.44. The summed E-state index contributed by atoms with van der Waals surface area (Å²) in [7, 11) is 0. The lowest BCUT2D eigenvalue weighted by molar-refractivity contribution is 0.195. The number of piperidine rings is 1. The van der Waals surface area contributed by atoms with Crippen molar-refractivity contribution in [2.75, 3.05) is 25.4 Å². The van der Waals surface area contributed by atoms with Gasteiger partial charge in [0, 0.05) is 17.0 Å². The third-order valence-electron chi connectivity index (χ3n) is 4.99. The van der Waals surface area contributed by atoms with Crippen LogP contribution in [-0.4, -0.2) is 45.4 Å². The van der Waals surface area contributed by atoms with Crippen molar-refractivity contribution in [2.24, 2.45) is 0 Å². The van der Waals surface area contributed by atoms with Crippen LogP contribution in [0.1, 0.15) is 31.1 Å². The van der Waals surface area contributed by atoms with Gasteiger partial charge in [0.25, 0.3) is 0 Å². The SMILES string of the molecule is Clc1ccccc1SCCCN1CCC(c2nc(-c3ccccn3)no2)CC1. The Morgan fingerprint density at radius 1 is 1.11 bits per heavy atom. The van der Waals surface area contributed by atoms with Crippen molar-refractivity contribution in [3.8, 4) is 11.5 Å². The topological polar surface area (TPSA) is 55.1 Å². The van der Waals surface area contributed by atoms with E-state index < -0.39 is 0 Å². The van der Waals surface area contributed by atoms with Gasteiger partial charge < -0.3 is 9.42 Å². The van der Waals surface area contributed by atoms with Crippen molar-refractivity contribution in [3.05, 3.63) is 59.6 Å². The molecule has 1 aromatic carbocycles. The number of rotatable bonds is 7. The maximum Gasteiger partial charge on any atom is 0.230 e. The normalized spacial score (nSPS) is 15.8. The van der Waals surface area contributed by atoms with Crippen LogP contribution in [0, 0.1) is 0 Å². The van der Waals surface area contributed by atoms with Gasteiger partial charge in [0.2, 0.25) is 11.7 Å². The van der Waals surface area contributed by atoms with Crippen molar-refractivity contribution in [1.82, 2.24) is 20.0 Å². The lowest BCUT2D eigenvalue weighted by atomic mass is 9.97. The standard InChI is InChI=1S/C21H23ClN4OS/c22-17-6-1-2-8-19(17)28-15-5-12-26-13-9-16(10-14-26)21-24-20(25-27-21)18-7-3-4-11-23-18/h1-4,6-8,11,16H,5,9-10,12-15H2. The van der Waals surface area contributed by atoms with Crippen molar-refractivity contribution >= 4 is 23.4 Å². The highest BCUT2D eigenvalue weighted by Crippen LogP contribution is 2.29. The second kappa shape index (κ2) is 9.54. The first kappa shape index (κ1) is 19.4. The molecule has 0 atom stereocenters. The summed E-state index contributed by atoms with van der Waals surface area (Å²) in [5.41, 5.74) is 0.756. The van der Waals surface area contributed by atoms with Crippen LogP contribution in [0.15, 0.2) is 58.1 Å². The number of nitrogens with zero attached hydrogens (tertiary/aromatic N) is 4. The van der Waals surface area contributed by atoms with E-state index in [0.717, 1.165) is 61.3 Å². The summed E-state index contributed by atoms with van der Waals surface area (Å²) in [4.78, 5) is 12.6. The Kier molecular flexibility index (Phi) is 6.62. The zero-order valence-corrected chi connectivity index (χ0v) is 17.2. The summed E-state index contributed by atoms with van der Waals surface area (Å²) in [6.07, 6.45) is 5.02. The molecule has 0 spiro atoms. The number of benzene rings is 1. The zero-order chi connectivity index (χ0) is 19.2. The van der Waals surface area contributed by atoms with Crippen molar-refractivity contribution in [1.29, 1.82) is 0 Å². The molecule has 0 radical (unpaired) electrons. The zero-order valence-electron chi connectivity index (χ0n) is 15.6. The summed E-state index contributed by atoms with van der Waals surface area (Å²) in [6, 6.07) is 13.8. The molecule has 1 aliphatic rings. The second-order valence-electron chi connectivity index (χ2n) is 6.92. The van der Waals surface area contributed by atoms with Crippen LogP contribution < -0.4 is 0 Å². The molecule has 1 aliphatic heterocycles. The first-order valence-electron chi connectivity index (χ1n) is 9.64. The molecular formula is C21H23ClN4OS. The predicted molar refractivity (Wildman–Crippen MR) is 113 cm³/mol. The van der Waals surface area contributed by atoms with Gasteiger partial charge in [-0.2, -0.15) is 4.98 Å². The van der Waals surface area contributed by atoms with Crippen LogP contribution in [0.25, 0.3) is 11.5 Å². The van der Waals surface area contributed by atoms with Gasteiger partial charge in [0.1, 0.15) is 5.69 Å². The Bertz CT molecular complexity index is 881. The number of hydrogen-bond acceptors (Lipinski definition) is 6. The average molecular weight is 415 g/mol. The van der Waals surface area contributed by atoms with E-state index in [9.17, 15) is 0 Å². The summed E-state index contributed by atoms with van der Waals surface area (Å²) in [5.74, 6) is 2.75. The maximum atomic E-state index is 6.21. The molecular weight excluding hydrogens is 392 g/mol. The van der Waals surface area contributed by atoms with Crippen molar-refractivity contribution < 1.29 is 4.52 Å². The molecule has 3 aromatic rings. The van der Waals surface area contributed by atoms with Crippen molar-refractivity contribution in [3.63, 3.8) is 0 Å². The molecule has 7 heteroatoms. The Hall–Kier alpha value is -1.89. The molecule has 0 amide bonds. The number of likely N-dealkylation sites (tertiary alicyclic amines) is 1. The summed E-state index contributed by atoms with van der Waals surface area (Å²) < 4.78 is 5.52. The summed E-state index contributed by atoms with van der Waals surface area (Å²) in [6.45, 7) is 3.26. The van der Waals surface area contributed by atoms with Gasteiger partial charge in [-0.25, -0.2) is 0 Å². The molecule has 0 aliphatic carbocycles. The monoisotopic (exact) mass is 414 g/mol. The van der Waals surface area contributed by atoms with Crippen LogP contribution in [0.4, 0.5) is 0 Å². The molecule has 0 bridgehead atoms. The van der Waals surface area contributed by atoms with Crippen LogP contribution in [-0.2, 0) is 0 Å². The minimum atomic E-state index is 0.346. The highest BCUT2D eigenvalue weighted by molar-refractivity contribution is 7.99. The molecule has 2 aromatic heterocycles. The van der Waals surface area contributed by atoms with Gasteiger partial charge >= 0.3 is 0 Å². The molecule has 1 saturated heterocycles. The Balaban J connectivity index is 1.21. The largest absolute Gasteiger partial charge is 0.339 e. The van der Waals surface area contributed by atoms with E-state index in [0.29, 0.717) is 11.7 Å². The molecule has 0 saturated carbocycles. The first-order chi connectivity index (χ1) is 13.8. The number of halogens is 1. The molecule has 0 unspecified atom stereocenters. The molecule has 0 N–H and O–H groups in total.